The summed E-state index contributed by atoms with van der Waals surface area (Å²) in [4.78, 5) is 2.30. The molecule has 1 aromatic rings. The summed E-state index contributed by atoms with van der Waals surface area (Å²) in [6, 6.07) is 6.13. The number of fused-ring (bicyclic) bond motifs is 1. The molecular weight excluding hydrogens is 256 g/mol. The zero-order valence-electron chi connectivity index (χ0n) is 11.8. The molecule has 2 atom stereocenters. The standard InChI is InChI=1S/C15H22N2O3/c1-17-5-4-12(10-17)16-9-13(18)11-2-3-14-15(8-11)20-7-6-19-14/h2-3,8,12-13,16,18H,4-7,9-10H2,1H3. The number of nitrogens with one attached hydrogen (secondary N) is 1. The predicted molar refractivity (Wildman–Crippen MR) is 76.3 cm³/mol. The summed E-state index contributed by atoms with van der Waals surface area (Å²) in [5, 5.41) is 13.7. The third kappa shape index (κ3) is 3.06. The number of rotatable bonds is 4. The Kier molecular flexibility index (Phi) is 4.10. The molecule has 0 bridgehead atoms. The van der Waals surface area contributed by atoms with Crippen molar-refractivity contribution in [1.29, 1.82) is 0 Å². The van der Waals surface area contributed by atoms with E-state index in [0.717, 1.165) is 36.6 Å². The zero-order chi connectivity index (χ0) is 13.9. The van der Waals surface area contributed by atoms with Crippen LogP contribution in [-0.4, -0.2) is 55.9 Å². The summed E-state index contributed by atoms with van der Waals surface area (Å²) in [5.74, 6) is 1.49. The van der Waals surface area contributed by atoms with Crippen molar-refractivity contribution in [2.24, 2.45) is 0 Å². The van der Waals surface area contributed by atoms with Crippen LogP contribution in [0.2, 0.25) is 0 Å². The molecule has 2 N–H and O–H groups in total. The Labute approximate surface area is 119 Å². The molecule has 0 radical (unpaired) electrons. The number of hydrogen-bond acceptors (Lipinski definition) is 5. The second-order valence-corrected chi connectivity index (χ2v) is 5.57. The molecule has 5 heteroatoms. The highest BCUT2D eigenvalue weighted by Gasteiger charge is 2.21. The van der Waals surface area contributed by atoms with Crippen molar-refractivity contribution in [3.05, 3.63) is 23.8 Å². The minimum atomic E-state index is -0.517. The van der Waals surface area contributed by atoms with E-state index in [0.29, 0.717) is 25.8 Å². The second kappa shape index (κ2) is 5.99. The van der Waals surface area contributed by atoms with E-state index in [1.165, 1.54) is 0 Å². The van der Waals surface area contributed by atoms with Crippen LogP contribution < -0.4 is 14.8 Å². The summed E-state index contributed by atoms with van der Waals surface area (Å²) >= 11 is 0. The minimum absolute atomic E-state index is 0.479. The molecule has 2 heterocycles. The molecule has 1 saturated heterocycles. The maximum absolute atomic E-state index is 10.3. The number of benzene rings is 1. The van der Waals surface area contributed by atoms with Gasteiger partial charge in [0.05, 0.1) is 6.10 Å². The number of aliphatic hydroxyl groups is 1. The summed E-state index contributed by atoms with van der Waals surface area (Å²) in [7, 11) is 2.12. The highest BCUT2D eigenvalue weighted by Crippen LogP contribution is 2.32. The normalized spacial score (nSPS) is 23.8. The average Bonchev–Trinajstić information content (AvgIpc) is 2.90. The summed E-state index contributed by atoms with van der Waals surface area (Å²) in [6.07, 6.45) is 0.626. The van der Waals surface area contributed by atoms with Crippen LogP contribution in [0.5, 0.6) is 11.5 Å². The lowest BCUT2D eigenvalue weighted by atomic mass is 10.1. The number of likely N-dealkylation sites (N-methyl/N-ethyl adjacent to an activating group) is 1. The molecule has 3 rings (SSSR count). The largest absolute Gasteiger partial charge is 0.486 e. The van der Waals surface area contributed by atoms with Gasteiger partial charge in [-0.25, -0.2) is 0 Å². The molecule has 0 saturated carbocycles. The molecule has 2 aliphatic heterocycles. The maximum atomic E-state index is 10.3. The quantitative estimate of drug-likeness (QED) is 0.852. The van der Waals surface area contributed by atoms with E-state index in [1.807, 2.05) is 18.2 Å². The molecule has 1 aromatic carbocycles. The van der Waals surface area contributed by atoms with Crippen molar-refractivity contribution in [2.75, 3.05) is 39.9 Å². The smallest absolute Gasteiger partial charge is 0.161 e. The van der Waals surface area contributed by atoms with E-state index in [2.05, 4.69) is 17.3 Å². The van der Waals surface area contributed by atoms with Crippen molar-refractivity contribution in [3.8, 4) is 11.5 Å². The van der Waals surface area contributed by atoms with Gasteiger partial charge in [-0.05, 0) is 37.7 Å². The lowest BCUT2D eigenvalue weighted by Crippen LogP contribution is -2.34. The molecule has 0 aromatic heterocycles. The number of ether oxygens (including phenoxy) is 2. The SMILES string of the molecule is CN1CCC(NCC(O)c2ccc3c(c2)OCCO3)C1. The number of nitrogens with zero attached hydrogens (tertiary/aromatic N) is 1. The van der Waals surface area contributed by atoms with Gasteiger partial charge in [0, 0.05) is 19.1 Å². The van der Waals surface area contributed by atoms with Crippen molar-refractivity contribution in [2.45, 2.75) is 18.6 Å². The first kappa shape index (κ1) is 13.7. The fourth-order valence-electron chi connectivity index (χ4n) is 2.76. The van der Waals surface area contributed by atoms with Crippen molar-refractivity contribution >= 4 is 0 Å². The van der Waals surface area contributed by atoms with E-state index in [4.69, 9.17) is 9.47 Å². The van der Waals surface area contributed by atoms with E-state index < -0.39 is 6.10 Å². The van der Waals surface area contributed by atoms with Crippen LogP contribution in [0.15, 0.2) is 18.2 Å². The molecule has 5 nitrogen and oxygen atoms in total. The number of hydrogen-bond donors (Lipinski definition) is 2. The molecule has 1 fully saturated rings. The van der Waals surface area contributed by atoms with E-state index in [-0.39, 0.29) is 0 Å². The fourth-order valence-corrected chi connectivity index (χ4v) is 2.76. The van der Waals surface area contributed by atoms with Gasteiger partial charge in [0.1, 0.15) is 13.2 Å². The molecule has 2 unspecified atom stereocenters. The van der Waals surface area contributed by atoms with Gasteiger partial charge < -0.3 is 24.8 Å². The number of aliphatic hydroxyl groups excluding tert-OH is 1. The molecule has 0 aliphatic carbocycles. The fraction of sp³-hybridized carbons (Fsp3) is 0.600. The first-order valence-corrected chi connectivity index (χ1v) is 7.22. The van der Waals surface area contributed by atoms with Gasteiger partial charge in [-0.2, -0.15) is 0 Å². The third-order valence-electron chi connectivity index (χ3n) is 3.94. The van der Waals surface area contributed by atoms with Crippen LogP contribution in [0.1, 0.15) is 18.1 Å². The first-order chi connectivity index (χ1) is 9.72. The highest BCUT2D eigenvalue weighted by atomic mass is 16.6. The molecular formula is C15H22N2O3. The Hall–Kier alpha value is -1.30. The third-order valence-corrected chi connectivity index (χ3v) is 3.94. The van der Waals surface area contributed by atoms with E-state index in [1.54, 1.807) is 0 Å². The summed E-state index contributed by atoms with van der Waals surface area (Å²) < 4.78 is 11.0. The molecule has 0 spiro atoms. The van der Waals surface area contributed by atoms with Crippen molar-refractivity contribution in [3.63, 3.8) is 0 Å². The minimum Gasteiger partial charge on any atom is -0.486 e. The predicted octanol–water partition coefficient (Wildman–Crippen LogP) is 0.785. The monoisotopic (exact) mass is 278 g/mol. The van der Waals surface area contributed by atoms with Gasteiger partial charge in [-0.3, -0.25) is 0 Å². The average molecular weight is 278 g/mol. The number of likely N-dealkylation sites (tertiary alicyclic amines) is 1. The van der Waals surface area contributed by atoms with Crippen LogP contribution in [0.25, 0.3) is 0 Å². The van der Waals surface area contributed by atoms with Crippen molar-refractivity contribution < 1.29 is 14.6 Å². The Bertz CT molecular complexity index is 466. The topological polar surface area (TPSA) is 54.0 Å². The summed E-state index contributed by atoms with van der Waals surface area (Å²) in [5.41, 5.74) is 0.869. The van der Waals surface area contributed by atoms with Crippen molar-refractivity contribution in [1.82, 2.24) is 10.2 Å². The second-order valence-electron chi connectivity index (χ2n) is 5.57. The van der Waals surface area contributed by atoms with Crippen LogP contribution in [0, 0.1) is 0 Å². The van der Waals surface area contributed by atoms with Gasteiger partial charge in [-0.15, -0.1) is 0 Å². The summed E-state index contributed by atoms with van der Waals surface area (Å²) in [6.45, 7) is 3.90. The molecule has 0 amide bonds. The lowest BCUT2D eigenvalue weighted by Gasteiger charge is -2.21. The Morgan fingerprint density at radius 2 is 2.15 bits per heavy atom. The first-order valence-electron chi connectivity index (χ1n) is 7.22. The van der Waals surface area contributed by atoms with E-state index in [9.17, 15) is 5.11 Å². The van der Waals surface area contributed by atoms with Gasteiger partial charge in [-0.1, -0.05) is 6.07 Å². The van der Waals surface area contributed by atoms with Crippen LogP contribution in [0.4, 0.5) is 0 Å². The highest BCUT2D eigenvalue weighted by molar-refractivity contribution is 5.44. The van der Waals surface area contributed by atoms with Gasteiger partial charge >= 0.3 is 0 Å². The van der Waals surface area contributed by atoms with Gasteiger partial charge in [0.25, 0.3) is 0 Å². The Balaban J connectivity index is 1.58. The zero-order valence-corrected chi connectivity index (χ0v) is 11.8. The lowest BCUT2D eigenvalue weighted by molar-refractivity contribution is 0.161. The molecule has 110 valence electrons. The maximum Gasteiger partial charge on any atom is 0.161 e. The molecule has 2 aliphatic rings. The van der Waals surface area contributed by atoms with E-state index >= 15 is 0 Å². The Morgan fingerprint density at radius 1 is 1.35 bits per heavy atom. The Morgan fingerprint density at radius 3 is 2.90 bits per heavy atom. The van der Waals surface area contributed by atoms with Crippen LogP contribution >= 0.6 is 0 Å². The van der Waals surface area contributed by atoms with Gasteiger partial charge in [0.15, 0.2) is 11.5 Å². The van der Waals surface area contributed by atoms with Crippen LogP contribution in [-0.2, 0) is 0 Å². The molecule has 20 heavy (non-hydrogen) atoms. The van der Waals surface area contributed by atoms with Gasteiger partial charge in [0.2, 0.25) is 0 Å². The van der Waals surface area contributed by atoms with Crippen LogP contribution in [0.3, 0.4) is 0 Å².